The molecule has 0 bridgehead atoms. The van der Waals surface area contributed by atoms with E-state index in [9.17, 15) is 0 Å². The molecule has 10 rings (SSSR count). The molecule has 214 valence electrons. The predicted molar refractivity (Wildman–Crippen MR) is 198 cm³/mol. The van der Waals surface area contributed by atoms with Crippen molar-refractivity contribution in [1.29, 1.82) is 0 Å². The maximum absolute atomic E-state index is 6.36. The second-order valence-electron chi connectivity index (χ2n) is 12.0. The Balaban J connectivity index is 1.35. The average Bonchev–Trinajstić information content (AvgIpc) is 3.67. The summed E-state index contributed by atoms with van der Waals surface area (Å²) < 4.78 is 7.59. The first kappa shape index (κ1) is 25.6. The average molecular weight is 603 g/mol. The van der Waals surface area contributed by atoms with Crippen LogP contribution in [0.4, 0.5) is 0 Å². The minimum atomic E-state index is 0.929. The quantitative estimate of drug-likeness (QED) is 0.183. The Morgan fingerprint density at radius 1 is 0.348 bits per heavy atom. The molecular formula is C44H26OS. The zero-order valence-electron chi connectivity index (χ0n) is 24.8. The molecule has 0 spiro atoms. The number of benzene rings is 8. The molecule has 0 fully saturated rings. The van der Waals surface area contributed by atoms with Crippen LogP contribution in [0.3, 0.4) is 0 Å². The van der Waals surface area contributed by atoms with Crippen LogP contribution in [0.15, 0.2) is 162 Å². The third-order valence-corrected chi connectivity index (χ3v) is 10.6. The Morgan fingerprint density at radius 2 is 0.957 bits per heavy atom. The summed E-state index contributed by atoms with van der Waals surface area (Å²) in [5.74, 6) is 0. The van der Waals surface area contributed by atoms with Gasteiger partial charge in [-0.25, -0.2) is 0 Å². The Bertz CT molecular complexity index is 2740. The van der Waals surface area contributed by atoms with Gasteiger partial charge in [-0.3, -0.25) is 0 Å². The minimum Gasteiger partial charge on any atom is -0.456 e. The van der Waals surface area contributed by atoms with Crippen LogP contribution in [0.1, 0.15) is 0 Å². The summed E-state index contributed by atoms with van der Waals surface area (Å²) in [6, 6.07) is 57.3. The van der Waals surface area contributed by atoms with Gasteiger partial charge in [0.05, 0.1) is 0 Å². The number of rotatable bonds is 3. The summed E-state index contributed by atoms with van der Waals surface area (Å²) in [5, 5.41) is 11.2. The molecule has 0 radical (unpaired) electrons. The first-order valence-electron chi connectivity index (χ1n) is 15.7. The molecule has 0 amide bonds. The molecule has 0 saturated carbocycles. The van der Waals surface area contributed by atoms with Crippen LogP contribution in [-0.2, 0) is 0 Å². The van der Waals surface area contributed by atoms with E-state index in [1.165, 1.54) is 75.1 Å². The summed E-state index contributed by atoms with van der Waals surface area (Å²) in [6.45, 7) is 0. The second kappa shape index (κ2) is 9.90. The van der Waals surface area contributed by atoms with E-state index in [0.717, 1.165) is 21.9 Å². The molecule has 1 nitrogen and oxygen atoms in total. The number of thiophene rings is 1. The van der Waals surface area contributed by atoms with Crippen molar-refractivity contribution in [3.8, 4) is 32.7 Å². The third-order valence-electron chi connectivity index (χ3n) is 9.45. The molecule has 0 atom stereocenters. The fraction of sp³-hybridized carbons (Fsp3) is 0. The van der Waals surface area contributed by atoms with Crippen molar-refractivity contribution in [3.63, 3.8) is 0 Å². The van der Waals surface area contributed by atoms with Gasteiger partial charge < -0.3 is 4.42 Å². The molecule has 0 aliphatic rings. The van der Waals surface area contributed by atoms with Gasteiger partial charge in [0.2, 0.25) is 0 Å². The molecule has 0 aliphatic heterocycles. The van der Waals surface area contributed by atoms with Crippen molar-refractivity contribution in [2.45, 2.75) is 0 Å². The lowest BCUT2D eigenvalue weighted by molar-refractivity contribution is 0.669. The van der Waals surface area contributed by atoms with E-state index in [4.69, 9.17) is 4.42 Å². The van der Waals surface area contributed by atoms with Gasteiger partial charge >= 0.3 is 0 Å². The Labute approximate surface area is 269 Å². The van der Waals surface area contributed by atoms with Gasteiger partial charge in [-0.1, -0.05) is 133 Å². The number of fused-ring (bicyclic) bond motifs is 7. The molecule has 2 heteroatoms. The topological polar surface area (TPSA) is 13.1 Å². The Kier molecular flexibility index (Phi) is 5.51. The Hall–Kier alpha value is -5.70. The monoisotopic (exact) mass is 602 g/mol. The first-order valence-corrected chi connectivity index (χ1v) is 16.5. The van der Waals surface area contributed by atoms with Crippen LogP contribution >= 0.6 is 11.3 Å². The molecule has 2 aromatic heterocycles. The van der Waals surface area contributed by atoms with Crippen molar-refractivity contribution < 1.29 is 4.42 Å². The molecule has 0 saturated heterocycles. The van der Waals surface area contributed by atoms with Gasteiger partial charge in [-0.05, 0) is 73.3 Å². The zero-order valence-corrected chi connectivity index (χ0v) is 25.6. The van der Waals surface area contributed by atoms with Crippen molar-refractivity contribution in [3.05, 3.63) is 158 Å². The van der Waals surface area contributed by atoms with E-state index in [1.807, 2.05) is 17.4 Å². The van der Waals surface area contributed by atoms with Crippen LogP contribution in [-0.4, -0.2) is 0 Å². The summed E-state index contributed by atoms with van der Waals surface area (Å²) in [7, 11) is 0. The second-order valence-corrected chi connectivity index (χ2v) is 13.1. The molecule has 0 aliphatic carbocycles. The lowest BCUT2D eigenvalue weighted by Gasteiger charge is -2.18. The molecule has 0 N–H and O–H groups in total. The highest BCUT2D eigenvalue weighted by molar-refractivity contribution is 7.23. The van der Waals surface area contributed by atoms with Crippen molar-refractivity contribution >= 4 is 75.7 Å². The highest BCUT2D eigenvalue weighted by Crippen LogP contribution is 2.52. The van der Waals surface area contributed by atoms with E-state index < -0.39 is 0 Å². The van der Waals surface area contributed by atoms with Crippen molar-refractivity contribution in [1.82, 2.24) is 0 Å². The Morgan fingerprint density at radius 3 is 1.70 bits per heavy atom. The number of furan rings is 1. The SMILES string of the molecule is c1ccc(-c2c(-c3c4ccccc4c(-c4ccc5ccccc5c4)c4ccccc34)sc3cc4oc5ccccc5c4cc23)cc1. The fourth-order valence-corrected chi connectivity index (χ4v) is 8.72. The summed E-state index contributed by atoms with van der Waals surface area (Å²) >= 11 is 1.87. The van der Waals surface area contributed by atoms with Gasteiger partial charge in [0.1, 0.15) is 11.2 Å². The standard InChI is InChI=1S/C44H26OS/c1-2-13-28(14-3-1)42-37-25-36-31-16-10-11-21-38(31)45-39(36)26-40(37)46-44(42)43-34-19-8-6-17-32(34)41(33-18-7-9-20-35(33)43)30-23-22-27-12-4-5-15-29(27)24-30/h1-26H. The van der Waals surface area contributed by atoms with Gasteiger partial charge in [-0.2, -0.15) is 0 Å². The third kappa shape index (κ3) is 3.74. The smallest absolute Gasteiger partial charge is 0.136 e. The van der Waals surface area contributed by atoms with Crippen LogP contribution < -0.4 is 0 Å². The molecule has 8 aromatic carbocycles. The predicted octanol–water partition coefficient (Wildman–Crippen LogP) is 13.3. The number of para-hydroxylation sites is 1. The van der Waals surface area contributed by atoms with Crippen molar-refractivity contribution in [2.24, 2.45) is 0 Å². The van der Waals surface area contributed by atoms with Crippen LogP contribution in [0, 0.1) is 0 Å². The van der Waals surface area contributed by atoms with E-state index in [2.05, 4.69) is 152 Å². The van der Waals surface area contributed by atoms with Gasteiger partial charge in [0, 0.05) is 36.9 Å². The van der Waals surface area contributed by atoms with Gasteiger partial charge in [0.25, 0.3) is 0 Å². The van der Waals surface area contributed by atoms with E-state index in [0.29, 0.717) is 0 Å². The normalized spacial score (nSPS) is 11.9. The molecule has 46 heavy (non-hydrogen) atoms. The van der Waals surface area contributed by atoms with E-state index in [-0.39, 0.29) is 0 Å². The van der Waals surface area contributed by atoms with Gasteiger partial charge in [0.15, 0.2) is 0 Å². The van der Waals surface area contributed by atoms with Crippen molar-refractivity contribution in [2.75, 3.05) is 0 Å². The fourth-order valence-electron chi connectivity index (χ4n) is 7.41. The lowest BCUT2D eigenvalue weighted by atomic mass is 9.86. The minimum absolute atomic E-state index is 0.929. The largest absolute Gasteiger partial charge is 0.456 e. The number of hydrogen-bond donors (Lipinski definition) is 0. The molecule has 10 aromatic rings. The lowest BCUT2D eigenvalue weighted by Crippen LogP contribution is -1.91. The maximum Gasteiger partial charge on any atom is 0.136 e. The van der Waals surface area contributed by atoms with E-state index >= 15 is 0 Å². The zero-order chi connectivity index (χ0) is 30.2. The summed E-state index contributed by atoms with van der Waals surface area (Å²) in [4.78, 5) is 1.29. The number of hydrogen-bond acceptors (Lipinski definition) is 2. The maximum atomic E-state index is 6.36. The van der Waals surface area contributed by atoms with Crippen LogP contribution in [0.25, 0.3) is 97.0 Å². The van der Waals surface area contributed by atoms with Gasteiger partial charge in [-0.15, -0.1) is 11.3 Å². The molecule has 2 heterocycles. The highest BCUT2D eigenvalue weighted by atomic mass is 32.1. The van der Waals surface area contributed by atoms with Crippen LogP contribution in [0.2, 0.25) is 0 Å². The summed E-state index contributed by atoms with van der Waals surface area (Å²) in [5.41, 5.74) is 8.18. The van der Waals surface area contributed by atoms with E-state index in [1.54, 1.807) is 0 Å². The molecule has 0 unspecified atom stereocenters. The van der Waals surface area contributed by atoms with Crippen LogP contribution in [0.5, 0.6) is 0 Å². The first-order chi connectivity index (χ1) is 22.8. The molecular weight excluding hydrogens is 577 g/mol. The highest BCUT2D eigenvalue weighted by Gasteiger charge is 2.23. The summed E-state index contributed by atoms with van der Waals surface area (Å²) in [6.07, 6.45) is 0.